The third-order valence-corrected chi connectivity index (χ3v) is 9.66. The zero-order valence-corrected chi connectivity index (χ0v) is 30.0. The number of aryl methyl sites for hydroxylation is 1. The van der Waals surface area contributed by atoms with Gasteiger partial charge in [-0.25, -0.2) is 19.2 Å². The topological polar surface area (TPSA) is 179 Å². The number of nitrogens with zero attached hydrogens (tertiary/aromatic N) is 5. The number of nitrogens with one attached hydrogen (secondary N) is 2. The molecule has 2 aromatic carbocycles. The molecule has 3 aliphatic rings. The van der Waals surface area contributed by atoms with Crippen LogP contribution in [0, 0.1) is 17.6 Å². The lowest BCUT2D eigenvalue weighted by atomic mass is 9.93. The van der Waals surface area contributed by atoms with Gasteiger partial charge in [-0.15, -0.1) is 0 Å². The summed E-state index contributed by atoms with van der Waals surface area (Å²) in [6.07, 6.45) is 2.15. The molecule has 21 heteroatoms. The maximum atomic E-state index is 14.9. The summed E-state index contributed by atoms with van der Waals surface area (Å²) in [5.74, 6) is -6.11. The van der Waals surface area contributed by atoms with Gasteiger partial charge in [-0.1, -0.05) is 6.92 Å². The number of anilines is 2. The average Bonchev–Trinajstić information content (AvgIpc) is 3.94. The lowest BCUT2D eigenvalue weighted by Crippen LogP contribution is -2.50. The van der Waals surface area contributed by atoms with Crippen LogP contribution in [0.3, 0.4) is 0 Å². The molecule has 2 amide bonds. The Kier molecular flexibility index (Phi) is 13.2. The molecule has 0 aliphatic carbocycles. The minimum atomic E-state index is -5.08. The van der Waals surface area contributed by atoms with Crippen LogP contribution in [0.25, 0.3) is 16.9 Å². The molecule has 7 rings (SSSR count). The number of amides is 2. The number of piperidine rings is 1. The zero-order valence-electron chi connectivity index (χ0n) is 30.0. The summed E-state index contributed by atoms with van der Waals surface area (Å²) in [6, 6.07) is 8.20. The number of carboxylic acids is 1. The third-order valence-electron chi connectivity index (χ3n) is 9.66. The number of hydrogen-bond donors (Lipinski definition) is 4. The van der Waals surface area contributed by atoms with Gasteiger partial charge in [0.25, 0.3) is 12.4 Å². The normalized spacial score (nSPS) is 17.8. The molecular formula is C36H36F7N7O7. The van der Waals surface area contributed by atoms with E-state index < -0.39 is 36.1 Å². The molecule has 0 radical (unpaired) electrons. The number of carbonyl (C=O) groups excluding carboxylic acids is 2. The van der Waals surface area contributed by atoms with Crippen molar-refractivity contribution in [3.63, 3.8) is 0 Å². The molecule has 2 atom stereocenters. The number of imidazole rings is 1. The molecule has 4 N–H and O–H groups in total. The molecule has 0 unspecified atom stereocenters. The minimum absolute atomic E-state index is 0.0524. The van der Waals surface area contributed by atoms with Crippen molar-refractivity contribution in [2.24, 2.45) is 5.92 Å². The summed E-state index contributed by atoms with van der Waals surface area (Å²) < 4.78 is 91.8. The van der Waals surface area contributed by atoms with Crippen LogP contribution in [-0.4, -0.2) is 110 Å². The first-order valence-corrected chi connectivity index (χ1v) is 17.4. The number of piperazine rings is 1. The first kappa shape index (κ1) is 42.2. The van der Waals surface area contributed by atoms with E-state index in [1.165, 1.54) is 23.0 Å². The standard InChI is InChI=1S/C33H33F4N7O3.C2HF3O2.CH2O2/c1-2-18-13-20(3-4-23(18)32(46)42-10-7-19(8-11-42)31(45)44-17-21-14-22(44)15-39-21)41-29-30-40-16-25(43(30)12-9-38-29)24-5-6-26(47-33(36)37)28(35)27(24)34;3-2(4,5)1(6)7;2-1-3/h3-6,9,12-13,16,19,21-22,33,39H,2,7-8,10-11,14-15,17H2,1H3,(H,38,41);(H,6,7);1H,(H,2,3)/t21-,22-;;/m0../s1. The summed E-state index contributed by atoms with van der Waals surface area (Å²) >= 11 is 0. The summed E-state index contributed by atoms with van der Waals surface area (Å²) in [4.78, 5) is 56.6. The maximum Gasteiger partial charge on any atom is 0.490 e. The van der Waals surface area contributed by atoms with Gasteiger partial charge >= 0.3 is 18.8 Å². The van der Waals surface area contributed by atoms with Gasteiger partial charge in [-0.3, -0.25) is 18.8 Å². The van der Waals surface area contributed by atoms with Crippen LogP contribution < -0.4 is 15.4 Å². The van der Waals surface area contributed by atoms with Gasteiger partial charge in [0.1, 0.15) is 0 Å². The van der Waals surface area contributed by atoms with Crippen molar-refractivity contribution in [3.8, 4) is 17.0 Å². The van der Waals surface area contributed by atoms with Crippen molar-refractivity contribution < 1.29 is 64.9 Å². The zero-order chi connectivity index (χ0) is 41.6. The van der Waals surface area contributed by atoms with E-state index in [4.69, 9.17) is 19.8 Å². The van der Waals surface area contributed by atoms with Gasteiger partial charge in [-0.2, -0.15) is 26.3 Å². The van der Waals surface area contributed by atoms with Crippen molar-refractivity contribution in [2.45, 2.75) is 57.5 Å². The van der Waals surface area contributed by atoms with Crippen LogP contribution in [0.4, 0.5) is 42.2 Å². The number of rotatable bonds is 8. The monoisotopic (exact) mass is 811 g/mol. The number of carboxylic acid groups (broad SMARTS) is 2. The van der Waals surface area contributed by atoms with Crippen molar-refractivity contribution in [2.75, 3.05) is 31.5 Å². The van der Waals surface area contributed by atoms with Crippen LogP contribution in [0.15, 0.2) is 48.9 Å². The Balaban J connectivity index is 0.000000555. The average molecular weight is 812 g/mol. The number of alkyl halides is 5. The maximum absolute atomic E-state index is 14.9. The molecule has 57 heavy (non-hydrogen) atoms. The van der Waals surface area contributed by atoms with E-state index in [2.05, 4.69) is 25.3 Å². The third kappa shape index (κ3) is 9.52. The Bertz CT molecular complexity index is 2110. The molecule has 4 aromatic rings. The quantitative estimate of drug-likeness (QED) is 0.133. The van der Waals surface area contributed by atoms with Crippen LogP contribution in [0.2, 0.25) is 0 Å². The molecule has 5 heterocycles. The highest BCUT2D eigenvalue weighted by Crippen LogP contribution is 2.33. The number of aliphatic carboxylic acids is 1. The number of halogens is 7. The first-order chi connectivity index (χ1) is 27.1. The van der Waals surface area contributed by atoms with Crippen LogP contribution >= 0.6 is 0 Å². The number of aromatic nitrogens is 3. The number of benzene rings is 2. The Morgan fingerprint density at radius 3 is 2.35 bits per heavy atom. The van der Waals surface area contributed by atoms with Crippen LogP contribution in [-0.2, 0) is 20.8 Å². The second-order valence-electron chi connectivity index (χ2n) is 13.0. The van der Waals surface area contributed by atoms with Gasteiger partial charge in [0, 0.05) is 73.4 Å². The highest BCUT2D eigenvalue weighted by atomic mass is 19.4. The van der Waals surface area contributed by atoms with E-state index in [-0.39, 0.29) is 35.5 Å². The van der Waals surface area contributed by atoms with Crippen molar-refractivity contribution in [3.05, 3.63) is 71.7 Å². The smallest absolute Gasteiger partial charge is 0.483 e. The van der Waals surface area contributed by atoms with Gasteiger partial charge in [0.05, 0.1) is 11.9 Å². The van der Waals surface area contributed by atoms with E-state index in [1.54, 1.807) is 12.1 Å². The Morgan fingerprint density at radius 2 is 1.77 bits per heavy atom. The predicted molar refractivity (Wildman–Crippen MR) is 187 cm³/mol. The fourth-order valence-corrected chi connectivity index (χ4v) is 7.00. The Labute approximate surface area is 319 Å². The van der Waals surface area contributed by atoms with E-state index in [9.17, 15) is 40.3 Å². The molecule has 2 aromatic heterocycles. The van der Waals surface area contributed by atoms with Crippen molar-refractivity contribution in [1.29, 1.82) is 0 Å². The Hall–Kier alpha value is -5.99. The van der Waals surface area contributed by atoms with E-state index in [0.29, 0.717) is 67.2 Å². The number of likely N-dealkylation sites (tertiary alicyclic amines) is 2. The fraction of sp³-hybridized carbons (Fsp3) is 0.389. The first-order valence-electron chi connectivity index (χ1n) is 17.4. The van der Waals surface area contributed by atoms with E-state index in [0.717, 1.165) is 37.2 Å². The number of hydrogen-bond acceptors (Lipinski definition) is 9. The molecule has 0 spiro atoms. The second-order valence-corrected chi connectivity index (χ2v) is 13.0. The number of ether oxygens (including phenoxy) is 1. The molecule has 3 saturated heterocycles. The van der Waals surface area contributed by atoms with Crippen LogP contribution in [0.1, 0.15) is 42.1 Å². The number of fused-ring (bicyclic) bond motifs is 3. The lowest BCUT2D eigenvalue weighted by molar-refractivity contribution is -0.192. The fourth-order valence-electron chi connectivity index (χ4n) is 7.00. The van der Waals surface area contributed by atoms with Gasteiger partial charge in [-0.05, 0) is 61.6 Å². The molecule has 0 saturated carbocycles. The molecule has 14 nitrogen and oxygen atoms in total. The van der Waals surface area contributed by atoms with Gasteiger partial charge < -0.3 is 35.4 Å². The van der Waals surface area contributed by atoms with Crippen molar-refractivity contribution >= 4 is 41.4 Å². The lowest BCUT2D eigenvalue weighted by Gasteiger charge is -2.36. The van der Waals surface area contributed by atoms with Crippen LogP contribution in [0.5, 0.6) is 5.75 Å². The molecule has 306 valence electrons. The Morgan fingerprint density at radius 1 is 1.09 bits per heavy atom. The van der Waals surface area contributed by atoms with E-state index in [1.807, 2.05) is 22.8 Å². The number of carbonyl (C=O) groups is 4. The largest absolute Gasteiger partial charge is 0.490 e. The van der Waals surface area contributed by atoms with E-state index >= 15 is 0 Å². The second kappa shape index (κ2) is 17.9. The summed E-state index contributed by atoms with van der Waals surface area (Å²) in [6.45, 7) is 1.12. The van der Waals surface area contributed by atoms with Crippen molar-refractivity contribution in [1.82, 2.24) is 29.5 Å². The summed E-state index contributed by atoms with van der Waals surface area (Å²) in [5.41, 5.74) is 2.36. The highest BCUT2D eigenvalue weighted by Gasteiger charge is 2.43. The molecule has 3 fully saturated rings. The predicted octanol–water partition coefficient (Wildman–Crippen LogP) is 5.34. The summed E-state index contributed by atoms with van der Waals surface area (Å²) in [7, 11) is 0. The highest BCUT2D eigenvalue weighted by molar-refractivity contribution is 5.96. The summed E-state index contributed by atoms with van der Waals surface area (Å²) in [5, 5.41) is 20.7. The SMILES string of the molecule is CCc1cc(Nc2nccn3c(-c4ccc(OC(F)F)c(F)c4F)cnc23)ccc1C(=O)N1CCC(C(=O)N2C[C@@H]3C[C@H]2CN3)CC1.O=C(O)C(F)(F)F.O=CO. The van der Waals surface area contributed by atoms with Gasteiger partial charge in [0.15, 0.2) is 23.0 Å². The van der Waals surface area contributed by atoms with Gasteiger partial charge in [0.2, 0.25) is 11.7 Å². The minimum Gasteiger partial charge on any atom is -0.483 e. The molecule has 3 aliphatic heterocycles. The molecule has 2 bridgehead atoms. The molecular weight excluding hydrogens is 775 g/mol.